The molecular weight excluding hydrogens is 267 g/mol. The average Bonchev–Trinajstić information content (AvgIpc) is 1.14. The molecule has 0 bridgehead atoms. The molecule has 7 nitrogen and oxygen atoms in total. The molecule has 0 spiro atoms. The van der Waals surface area contributed by atoms with Crippen LogP contribution in [0.2, 0.25) is 0 Å². The van der Waals surface area contributed by atoms with Gasteiger partial charge in [0.05, 0.1) is 0 Å². The molecule has 0 aromatic heterocycles. The third-order valence-corrected chi connectivity index (χ3v) is 1.55. The Bertz CT molecular complexity index is 237. The maximum Gasteiger partial charge on any atom is 0.413 e. The van der Waals surface area contributed by atoms with Gasteiger partial charge < -0.3 is 0 Å². The van der Waals surface area contributed by atoms with Crippen LogP contribution in [-0.2, 0) is 50.6 Å². The van der Waals surface area contributed by atoms with E-state index in [0.29, 0.717) is 0 Å². The van der Waals surface area contributed by atoms with Crippen molar-refractivity contribution in [1.82, 2.24) is 0 Å². The summed E-state index contributed by atoms with van der Waals surface area (Å²) in [7, 11) is -10.2. The zero-order valence-electron chi connectivity index (χ0n) is 4.25. The van der Waals surface area contributed by atoms with Crippen molar-refractivity contribution in [1.29, 1.82) is 0 Å². The Labute approximate surface area is 76.4 Å². The monoisotopic (exact) mass is 268 g/mol. The molecule has 0 fully saturated rings. The predicted molar refractivity (Wildman–Crippen MR) is 24.2 cm³/mol. The summed E-state index contributed by atoms with van der Waals surface area (Å²) in [5.74, 6) is 0. The van der Waals surface area contributed by atoms with E-state index in [1.165, 1.54) is 0 Å². The average molecular weight is 269 g/mol. The molecule has 0 unspecified atom stereocenters. The van der Waals surface area contributed by atoms with Crippen LogP contribution in [0.3, 0.4) is 0 Å². The summed E-state index contributed by atoms with van der Waals surface area (Å²) in [6.45, 7) is 0. The summed E-state index contributed by atoms with van der Waals surface area (Å²) in [6.07, 6.45) is 0. The largest absolute Gasteiger partial charge is 0.413 e. The van der Waals surface area contributed by atoms with Crippen LogP contribution >= 0.6 is 0 Å². The van der Waals surface area contributed by atoms with Crippen molar-refractivity contribution >= 4 is 20.8 Å². The summed E-state index contributed by atoms with van der Waals surface area (Å²) >= 11 is 0. The van der Waals surface area contributed by atoms with Gasteiger partial charge in [-0.05, 0) is 0 Å². The van der Waals surface area contributed by atoms with E-state index in [2.05, 4.69) is 3.63 Å². The van der Waals surface area contributed by atoms with Crippen molar-refractivity contribution in [2.75, 3.05) is 0 Å². The minimum atomic E-state index is -5.12. The molecule has 0 atom stereocenters. The second kappa shape index (κ2) is 3.88. The van der Waals surface area contributed by atoms with E-state index in [4.69, 9.17) is 9.11 Å². The molecule has 2 N–H and O–H groups in total. The van der Waals surface area contributed by atoms with Gasteiger partial charge in [-0.3, -0.25) is 9.11 Å². The first-order valence-electron chi connectivity index (χ1n) is 1.37. The second-order valence-electron chi connectivity index (χ2n) is 0.924. The van der Waals surface area contributed by atoms with Gasteiger partial charge in [0, 0.05) is 26.2 Å². The Morgan fingerprint density at radius 2 is 1.10 bits per heavy atom. The third-order valence-electron chi connectivity index (χ3n) is 0.172. The molecule has 0 rings (SSSR count). The van der Waals surface area contributed by atoms with Crippen LogP contribution in [0.25, 0.3) is 0 Å². The zero-order valence-corrected chi connectivity index (χ0v) is 8.34. The number of hydrogen-bond acceptors (Lipinski definition) is 5. The zero-order chi connectivity index (χ0) is 7.71. The van der Waals surface area contributed by atoms with Crippen molar-refractivity contribution in [3.8, 4) is 0 Å². The molecule has 0 amide bonds. The standard InChI is InChI=1S/H2O7S2.Zr/c1-8(2,3)7-9(4,5)6;/h(H,1,2,3)(H,4,5,6);. The van der Waals surface area contributed by atoms with Crippen molar-refractivity contribution in [2.45, 2.75) is 0 Å². The molecule has 0 saturated heterocycles. The second-order valence-corrected chi connectivity index (χ2v) is 3.18. The van der Waals surface area contributed by atoms with E-state index in [9.17, 15) is 16.8 Å². The van der Waals surface area contributed by atoms with Crippen LogP contribution in [0, 0.1) is 0 Å². The topological polar surface area (TPSA) is 118 Å². The minimum absolute atomic E-state index is 0. The van der Waals surface area contributed by atoms with E-state index in [1.807, 2.05) is 0 Å². The maximum absolute atomic E-state index is 9.44. The summed E-state index contributed by atoms with van der Waals surface area (Å²) in [6, 6.07) is 0. The maximum atomic E-state index is 9.44. The molecule has 60 valence electrons. The molecule has 0 heterocycles. The number of hydrogen-bond donors (Lipinski definition) is 2. The molecule has 0 saturated carbocycles. The van der Waals surface area contributed by atoms with Gasteiger partial charge in [0.15, 0.2) is 0 Å². The quantitative estimate of drug-likeness (QED) is 0.592. The molecule has 0 aromatic rings. The Morgan fingerprint density at radius 3 is 1.10 bits per heavy atom. The van der Waals surface area contributed by atoms with Gasteiger partial charge >= 0.3 is 20.8 Å². The van der Waals surface area contributed by atoms with E-state index in [-0.39, 0.29) is 26.2 Å². The first-order chi connectivity index (χ1) is 3.71. The molecular formula is H2O7S2Zr. The van der Waals surface area contributed by atoms with Gasteiger partial charge in [-0.1, -0.05) is 0 Å². The van der Waals surface area contributed by atoms with E-state index < -0.39 is 20.8 Å². The minimum Gasteiger partial charge on any atom is -0.263 e. The van der Waals surface area contributed by atoms with Crippen molar-refractivity contribution < 1.29 is 55.8 Å². The van der Waals surface area contributed by atoms with E-state index >= 15 is 0 Å². The fourth-order valence-corrected chi connectivity index (χ4v) is 0.978. The number of rotatable bonds is 2. The van der Waals surface area contributed by atoms with Crippen LogP contribution < -0.4 is 0 Å². The summed E-state index contributed by atoms with van der Waals surface area (Å²) in [5.41, 5.74) is 0. The Hall–Kier alpha value is 0.663. The molecule has 0 radical (unpaired) electrons. The molecule has 0 aromatic carbocycles. The van der Waals surface area contributed by atoms with Crippen LogP contribution in [0.5, 0.6) is 0 Å². The molecule has 0 aliphatic heterocycles. The molecule has 10 heavy (non-hydrogen) atoms. The van der Waals surface area contributed by atoms with E-state index in [0.717, 1.165) is 0 Å². The van der Waals surface area contributed by atoms with Crippen LogP contribution in [-0.4, -0.2) is 25.9 Å². The van der Waals surface area contributed by atoms with Crippen molar-refractivity contribution in [2.24, 2.45) is 0 Å². The molecule has 0 aliphatic rings. The Kier molecular flexibility index (Phi) is 5.15. The van der Waals surface area contributed by atoms with Crippen LogP contribution in [0.15, 0.2) is 0 Å². The summed E-state index contributed by atoms with van der Waals surface area (Å²) in [5, 5.41) is 0. The third kappa shape index (κ3) is 11.5. The van der Waals surface area contributed by atoms with Gasteiger partial charge in [-0.2, -0.15) is 16.8 Å². The van der Waals surface area contributed by atoms with E-state index in [1.54, 1.807) is 0 Å². The predicted octanol–water partition coefficient (Wildman–Crippen LogP) is -1.39. The van der Waals surface area contributed by atoms with Crippen LogP contribution in [0.1, 0.15) is 0 Å². The fraction of sp³-hybridized carbons (Fsp3) is 0. The van der Waals surface area contributed by atoms with Crippen LogP contribution in [0.4, 0.5) is 0 Å². The normalized spacial score (nSPS) is 12.2. The SMILES string of the molecule is O=S(=O)(O)OS(=O)(=O)O.[Zr]. The fourth-order valence-electron chi connectivity index (χ4n) is 0.109. The smallest absolute Gasteiger partial charge is 0.263 e. The van der Waals surface area contributed by atoms with Gasteiger partial charge in [0.1, 0.15) is 0 Å². The van der Waals surface area contributed by atoms with Crippen molar-refractivity contribution in [3.05, 3.63) is 0 Å². The first-order valence-corrected chi connectivity index (χ1v) is 4.10. The summed E-state index contributed by atoms with van der Waals surface area (Å²) < 4.78 is 55.6. The van der Waals surface area contributed by atoms with Gasteiger partial charge in [0.2, 0.25) is 0 Å². The van der Waals surface area contributed by atoms with Gasteiger partial charge in [-0.25, -0.2) is 0 Å². The van der Waals surface area contributed by atoms with Gasteiger partial charge in [-0.15, -0.1) is 3.63 Å². The Balaban J connectivity index is 0. The molecule has 10 heteroatoms. The summed E-state index contributed by atoms with van der Waals surface area (Å²) in [4.78, 5) is 0. The molecule has 0 aliphatic carbocycles. The first kappa shape index (κ1) is 13.3. The van der Waals surface area contributed by atoms with Crippen molar-refractivity contribution in [3.63, 3.8) is 0 Å². The van der Waals surface area contributed by atoms with Gasteiger partial charge in [0.25, 0.3) is 0 Å². The Morgan fingerprint density at radius 1 is 0.900 bits per heavy atom.